The summed E-state index contributed by atoms with van der Waals surface area (Å²) < 4.78 is 0. The van der Waals surface area contributed by atoms with Gasteiger partial charge in [-0.1, -0.05) is 0 Å². The lowest BCUT2D eigenvalue weighted by Crippen LogP contribution is -2.27. The molecule has 2 atom stereocenters. The third-order valence-corrected chi connectivity index (χ3v) is 3.90. The Balaban J connectivity index is 1.76. The van der Waals surface area contributed by atoms with Gasteiger partial charge in [-0.25, -0.2) is 9.98 Å². The minimum absolute atomic E-state index is 0.359. The Morgan fingerprint density at radius 2 is 2.20 bits per heavy atom. The molecule has 1 saturated heterocycles. The Bertz CT molecular complexity index is 581. The monoisotopic (exact) mass is 270 g/mol. The minimum Gasteiger partial charge on any atom is -0.382 e. The van der Waals surface area contributed by atoms with Crippen molar-refractivity contribution in [3.8, 4) is 0 Å². The Labute approximate surface area is 118 Å². The molecule has 1 saturated carbocycles. The van der Waals surface area contributed by atoms with Crippen LogP contribution in [0.3, 0.4) is 0 Å². The van der Waals surface area contributed by atoms with Crippen molar-refractivity contribution in [2.75, 3.05) is 18.8 Å². The van der Waals surface area contributed by atoms with Gasteiger partial charge < -0.3 is 10.6 Å². The van der Waals surface area contributed by atoms with Crippen LogP contribution in [0.2, 0.25) is 0 Å². The summed E-state index contributed by atoms with van der Waals surface area (Å²) in [6.07, 6.45) is 6.16. The van der Waals surface area contributed by atoms with E-state index >= 15 is 0 Å². The van der Waals surface area contributed by atoms with E-state index in [1.165, 1.54) is 12.6 Å². The van der Waals surface area contributed by atoms with Crippen LogP contribution in [-0.4, -0.2) is 40.5 Å². The number of nitrogens with two attached hydrogens (primary N) is 1. The summed E-state index contributed by atoms with van der Waals surface area (Å²) in [7, 11) is 0. The van der Waals surface area contributed by atoms with Crippen molar-refractivity contribution in [1.82, 2.24) is 14.9 Å². The zero-order chi connectivity index (χ0) is 14.1. The molecule has 2 N–H and O–H groups in total. The van der Waals surface area contributed by atoms with Crippen molar-refractivity contribution < 1.29 is 0 Å². The number of amidine groups is 1. The summed E-state index contributed by atoms with van der Waals surface area (Å²) in [4.78, 5) is 18.9. The van der Waals surface area contributed by atoms with Crippen LogP contribution in [0.4, 0.5) is 5.82 Å². The second kappa shape index (κ2) is 5.03. The highest BCUT2D eigenvalue weighted by Crippen LogP contribution is 2.44. The van der Waals surface area contributed by atoms with Gasteiger partial charge in [-0.05, 0) is 31.9 Å². The van der Waals surface area contributed by atoms with Gasteiger partial charge in [-0.3, -0.25) is 9.98 Å². The van der Waals surface area contributed by atoms with Crippen LogP contribution in [0.15, 0.2) is 28.6 Å². The lowest BCUT2D eigenvalue weighted by atomic mass is 10.3. The van der Waals surface area contributed by atoms with E-state index < -0.39 is 0 Å². The van der Waals surface area contributed by atoms with Crippen LogP contribution in [0.25, 0.3) is 5.70 Å². The van der Waals surface area contributed by atoms with Gasteiger partial charge in [0.05, 0.1) is 18.6 Å². The molecule has 6 heteroatoms. The molecule has 0 bridgehead atoms. The smallest absolute Gasteiger partial charge is 0.142 e. The van der Waals surface area contributed by atoms with E-state index in [-0.39, 0.29) is 0 Å². The summed E-state index contributed by atoms with van der Waals surface area (Å²) in [6.45, 7) is 7.83. The van der Waals surface area contributed by atoms with Gasteiger partial charge in [0.1, 0.15) is 23.0 Å². The fourth-order valence-electron chi connectivity index (χ4n) is 2.59. The second-order valence-corrected chi connectivity index (χ2v) is 5.34. The predicted octanol–water partition coefficient (Wildman–Crippen LogP) is 1.43. The van der Waals surface area contributed by atoms with Gasteiger partial charge in [0.2, 0.25) is 0 Å². The minimum atomic E-state index is 0.359. The maximum absolute atomic E-state index is 5.62. The van der Waals surface area contributed by atoms with Crippen LogP contribution >= 0.6 is 0 Å². The van der Waals surface area contributed by atoms with E-state index in [4.69, 9.17) is 5.73 Å². The topological polar surface area (TPSA) is 79.8 Å². The number of nitrogen functional groups attached to an aromatic ring is 1. The molecule has 0 spiro atoms. The molecule has 1 aliphatic carbocycles. The van der Waals surface area contributed by atoms with Gasteiger partial charge in [-0.15, -0.1) is 0 Å². The second-order valence-electron chi connectivity index (χ2n) is 5.34. The maximum atomic E-state index is 5.62. The average Bonchev–Trinajstić information content (AvgIpc) is 3.06. The number of rotatable bonds is 3. The zero-order valence-corrected chi connectivity index (χ0v) is 11.5. The molecule has 3 rings (SSSR count). The predicted molar refractivity (Wildman–Crippen MR) is 80.2 cm³/mol. The van der Waals surface area contributed by atoms with Crippen LogP contribution in [0.5, 0.6) is 0 Å². The molecule has 104 valence electrons. The van der Waals surface area contributed by atoms with Gasteiger partial charge in [0.25, 0.3) is 0 Å². The quantitative estimate of drug-likeness (QED) is 0.665. The lowest BCUT2D eigenvalue weighted by Gasteiger charge is -2.18. The molecule has 6 nitrogen and oxygen atoms in total. The molecular formula is C14H18N6. The molecule has 2 fully saturated rings. The lowest BCUT2D eigenvalue weighted by molar-refractivity contribution is 0.459. The first kappa shape index (κ1) is 12.8. The summed E-state index contributed by atoms with van der Waals surface area (Å²) in [5, 5.41) is 0. The molecule has 1 aromatic rings. The molecule has 0 aromatic carbocycles. The number of hydrogen-bond acceptors (Lipinski definition) is 5. The van der Waals surface area contributed by atoms with Crippen molar-refractivity contribution in [2.24, 2.45) is 21.8 Å². The normalized spacial score (nSPS) is 25.6. The van der Waals surface area contributed by atoms with Crippen molar-refractivity contribution in [3.05, 3.63) is 24.3 Å². The van der Waals surface area contributed by atoms with E-state index in [2.05, 4.69) is 31.6 Å². The van der Waals surface area contributed by atoms with Crippen molar-refractivity contribution >= 4 is 24.1 Å². The highest BCUT2D eigenvalue weighted by atomic mass is 15.2. The van der Waals surface area contributed by atoms with Crippen LogP contribution in [0, 0.1) is 11.8 Å². The molecule has 0 radical (unpaired) electrons. The van der Waals surface area contributed by atoms with E-state index in [0.717, 1.165) is 30.8 Å². The number of aromatic nitrogens is 2. The largest absolute Gasteiger partial charge is 0.382 e. The molecule has 1 aromatic heterocycles. The fourth-order valence-corrected chi connectivity index (χ4v) is 2.59. The molecule has 2 heterocycles. The van der Waals surface area contributed by atoms with Gasteiger partial charge in [-0.2, -0.15) is 0 Å². The molecular weight excluding hydrogens is 252 g/mol. The van der Waals surface area contributed by atoms with Gasteiger partial charge in [0, 0.05) is 13.1 Å². The van der Waals surface area contributed by atoms with Crippen LogP contribution < -0.4 is 5.73 Å². The molecule has 2 unspecified atom stereocenters. The highest BCUT2D eigenvalue weighted by Gasteiger charge is 2.45. The average molecular weight is 270 g/mol. The fraction of sp³-hybridized carbons (Fsp3) is 0.429. The number of fused-ring (bicyclic) bond motifs is 1. The van der Waals surface area contributed by atoms with E-state index in [9.17, 15) is 0 Å². The summed E-state index contributed by atoms with van der Waals surface area (Å²) >= 11 is 0. The summed E-state index contributed by atoms with van der Waals surface area (Å²) in [5.41, 5.74) is 6.78. The summed E-state index contributed by atoms with van der Waals surface area (Å²) in [6, 6.07) is 0. The van der Waals surface area contributed by atoms with Crippen molar-refractivity contribution in [1.29, 1.82) is 0 Å². The number of aliphatic imine (C=N–C) groups is 2. The number of hydrogen-bond donors (Lipinski definition) is 1. The van der Waals surface area contributed by atoms with E-state index in [0.29, 0.717) is 17.2 Å². The number of piperidine rings is 1. The number of nitrogens with zero attached hydrogens (tertiary/aromatic N) is 5. The summed E-state index contributed by atoms with van der Waals surface area (Å²) in [5.74, 6) is 3.15. The van der Waals surface area contributed by atoms with Crippen molar-refractivity contribution in [2.45, 2.75) is 13.3 Å². The first-order valence-corrected chi connectivity index (χ1v) is 6.71. The first-order valence-electron chi connectivity index (χ1n) is 6.71. The third kappa shape index (κ3) is 2.54. The van der Waals surface area contributed by atoms with Gasteiger partial charge in [0.15, 0.2) is 0 Å². The standard InChI is InChI=1S/C14H18N6/c1-9(20-7-10-3-11(10)8-20)18-5-12(16-2)13-4-17-6-14(15)19-13/h4-6,10-11H,2-3,7-8H2,1H3,(H2,15,19)/b12-5-,18-9+. The highest BCUT2D eigenvalue weighted by molar-refractivity contribution is 5.82. The first-order chi connectivity index (χ1) is 9.67. The Morgan fingerprint density at radius 3 is 2.85 bits per heavy atom. The SMILES string of the molecule is C=N/C(=C\N=C(/C)N1CC2CC2C1)c1cncc(N)n1. The van der Waals surface area contributed by atoms with Crippen LogP contribution in [0.1, 0.15) is 19.0 Å². The van der Waals surface area contributed by atoms with Crippen LogP contribution in [-0.2, 0) is 0 Å². The number of likely N-dealkylation sites (tertiary alicyclic amines) is 1. The Morgan fingerprint density at radius 1 is 1.45 bits per heavy atom. The Kier molecular flexibility index (Phi) is 3.22. The molecule has 2 aliphatic rings. The van der Waals surface area contributed by atoms with Gasteiger partial charge >= 0.3 is 0 Å². The molecule has 1 aliphatic heterocycles. The maximum Gasteiger partial charge on any atom is 0.142 e. The van der Waals surface area contributed by atoms with E-state index in [1.807, 2.05) is 6.92 Å². The Hall–Kier alpha value is -2.24. The van der Waals surface area contributed by atoms with E-state index in [1.54, 1.807) is 12.4 Å². The van der Waals surface area contributed by atoms with Crippen molar-refractivity contribution in [3.63, 3.8) is 0 Å². The third-order valence-electron chi connectivity index (χ3n) is 3.90. The number of anilines is 1. The molecule has 0 amide bonds. The molecule has 20 heavy (non-hydrogen) atoms. The zero-order valence-electron chi connectivity index (χ0n) is 11.5.